The number of benzene rings is 3. The van der Waals surface area contributed by atoms with Crippen LogP contribution in [0.25, 0.3) is 22.4 Å². The molecule has 0 saturated heterocycles. The van der Waals surface area contributed by atoms with Crippen LogP contribution in [0.1, 0.15) is 58.9 Å². The minimum Gasteiger partial charge on any atom is -0.497 e. The SMILES string of the molecule is C/C=C\C.CC1CCC(CC(C)C(=O)Nc2ccc3nc(-c4ccc(NC=O)cc4)[nH]c3c2)C1.COc1ccc(C)cc1. The fourth-order valence-electron chi connectivity index (χ4n) is 5.10. The number of hydrogen-bond donors (Lipinski definition) is 3. The molecule has 3 N–H and O–H groups in total. The first-order valence-electron chi connectivity index (χ1n) is 15.0. The number of amides is 2. The number of aromatic nitrogens is 2. The highest BCUT2D eigenvalue weighted by Gasteiger charge is 2.25. The van der Waals surface area contributed by atoms with Gasteiger partial charge in [-0.15, -0.1) is 0 Å². The molecule has 1 aliphatic rings. The predicted molar refractivity (Wildman–Crippen MR) is 178 cm³/mol. The number of methoxy groups -OCH3 is 1. The van der Waals surface area contributed by atoms with E-state index in [-0.39, 0.29) is 11.8 Å². The number of hydrogen-bond acceptors (Lipinski definition) is 4. The number of nitrogens with zero attached hydrogens (tertiary/aromatic N) is 1. The Morgan fingerprint density at radius 2 is 1.70 bits per heavy atom. The Kier molecular flexibility index (Phi) is 13.0. The summed E-state index contributed by atoms with van der Waals surface area (Å²) >= 11 is 0. The molecule has 2 amide bonds. The van der Waals surface area contributed by atoms with Crippen LogP contribution in [0.3, 0.4) is 0 Å². The normalized spacial score (nSPS) is 16.4. The maximum Gasteiger partial charge on any atom is 0.227 e. The molecule has 1 aromatic heterocycles. The number of carbonyl (C=O) groups is 2. The summed E-state index contributed by atoms with van der Waals surface area (Å²) in [4.78, 5) is 31.1. The van der Waals surface area contributed by atoms with Gasteiger partial charge in [0.2, 0.25) is 12.3 Å². The number of anilines is 2. The fourth-order valence-corrected chi connectivity index (χ4v) is 5.10. The van der Waals surface area contributed by atoms with E-state index in [0.29, 0.717) is 12.3 Å². The number of rotatable bonds is 8. The van der Waals surface area contributed by atoms with Gasteiger partial charge in [0.1, 0.15) is 11.6 Å². The van der Waals surface area contributed by atoms with Crippen LogP contribution < -0.4 is 15.4 Å². The number of allylic oxidation sites excluding steroid dienone is 2. The van der Waals surface area contributed by atoms with Gasteiger partial charge in [-0.1, -0.05) is 56.5 Å². The van der Waals surface area contributed by atoms with E-state index >= 15 is 0 Å². The molecular weight excluding hydrogens is 536 g/mol. The molecule has 3 aromatic carbocycles. The Labute approximate surface area is 256 Å². The molecule has 1 saturated carbocycles. The number of carbonyl (C=O) groups excluding carboxylic acids is 2. The van der Waals surface area contributed by atoms with Crippen LogP contribution in [-0.2, 0) is 9.59 Å². The van der Waals surface area contributed by atoms with Gasteiger partial charge in [-0.2, -0.15) is 0 Å². The molecule has 7 nitrogen and oxygen atoms in total. The van der Waals surface area contributed by atoms with Gasteiger partial charge in [-0.05, 0) is 100 Å². The van der Waals surface area contributed by atoms with Crippen LogP contribution >= 0.6 is 0 Å². The lowest BCUT2D eigenvalue weighted by Crippen LogP contribution is -2.22. The quantitative estimate of drug-likeness (QED) is 0.143. The second kappa shape index (κ2) is 16.9. The van der Waals surface area contributed by atoms with Gasteiger partial charge in [-0.3, -0.25) is 9.59 Å². The summed E-state index contributed by atoms with van der Waals surface area (Å²) in [5, 5.41) is 5.68. The summed E-state index contributed by atoms with van der Waals surface area (Å²) in [5.74, 6) is 3.21. The van der Waals surface area contributed by atoms with Gasteiger partial charge < -0.3 is 20.4 Å². The molecule has 3 atom stereocenters. The Hall–Kier alpha value is -4.39. The van der Waals surface area contributed by atoms with E-state index in [0.717, 1.165) is 51.9 Å². The van der Waals surface area contributed by atoms with Crippen molar-refractivity contribution in [3.8, 4) is 17.1 Å². The summed E-state index contributed by atoms with van der Waals surface area (Å²) in [6.07, 6.45) is 9.39. The minimum absolute atomic E-state index is 0.00631. The molecule has 1 fully saturated rings. The van der Waals surface area contributed by atoms with Crippen molar-refractivity contribution in [3.05, 3.63) is 84.4 Å². The number of H-pyrrole nitrogens is 1. The number of nitrogens with one attached hydrogen (secondary N) is 3. The van der Waals surface area contributed by atoms with Crippen molar-refractivity contribution in [2.24, 2.45) is 17.8 Å². The lowest BCUT2D eigenvalue weighted by molar-refractivity contribution is -0.119. The zero-order chi connectivity index (χ0) is 31.2. The third-order valence-electron chi connectivity index (χ3n) is 7.66. The van der Waals surface area contributed by atoms with Crippen molar-refractivity contribution >= 4 is 34.7 Å². The van der Waals surface area contributed by atoms with Crippen LogP contribution in [-0.4, -0.2) is 29.4 Å². The lowest BCUT2D eigenvalue weighted by atomic mass is 9.93. The first kappa shape index (κ1) is 33.1. The molecule has 1 aliphatic carbocycles. The van der Waals surface area contributed by atoms with Crippen molar-refractivity contribution in [1.82, 2.24) is 9.97 Å². The molecule has 4 aromatic rings. The number of imidazole rings is 1. The van der Waals surface area contributed by atoms with E-state index in [1.807, 2.05) is 99.7 Å². The van der Waals surface area contributed by atoms with Crippen molar-refractivity contribution < 1.29 is 14.3 Å². The summed E-state index contributed by atoms with van der Waals surface area (Å²) in [6.45, 7) is 10.4. The van der Waals surface area contributed by atoms with E-state index in [1.54, 1.807) is 7.11 Å². The molecule has 0 bridgehead atoms. The van der Waals surface area contributed by atoms with Crippen molar-refractivity contribution in [2.75, 3.05) is 17.7 Å². The van der Waals surface area contributed by atoms with Gasteiger partial charge in [0, 0.05) is 22.9 Å². The van der Waals surface area contributed by atoms with E-state index in [1.165, 1.54) is 24.8 Å². The Balaban J connectivity index is 0.000000324. The standard InChI is InChI=1S/C24H28N4O2.C8H10O.C4H8/c1-15-3-4-17(11-15)12-16(2)24(30)26-20-9-10-21-22(13-20)28-23(27-21)18-5-7-19(8-6-18)25-14-29;1-7-3-5-8(9-2)6-4-7;1-3-4-2/h5-10,13-17H,3-4,11-12H2,1-2H3,(H,25,29)(H,26,30)(H,27,28);3-6H,1-2H3;3-4H,1-2H3/b;;4-3-. The zero-order valence-corrected chi connectivity index (χ0v) is 26.3. The lowest BCUT2D eigenvalue weighted by Gasteiger charge is -2.16. The van der Waals surface area contributed by atoms with Gasteiger partial charge in [0.15, 0.2) is 0 Å². The Morgan fingerprint density at radius 1 is 1.02 bits per heavy atom. The second-order valence-electron chi connectivity index (χ2n) is 11.3. The maximum absolute atomic E-state index is 12.7. The van der Waals surface area contributed by atoms with E-state index in [2.05, 4.69) is 34.4 Å². The largest absolute Gasteiger partial charge is 0.497 e. The summed E-state index contributed by atoms with van der Waals surface area (Å²) in [6, 6.07) is 21.2. The summed E-state index contributed by atoms with van der Waals surface area (Å²) in [5.41, 5.74) is 5.40. The van der Waals surface area contributed by atoms with Crippen molar-refractivity contribution in [1.29, 1.82) is 0 Å². The van der Waals surface area contributed by atoms with E-state index in [4.69, 9.17) is 4.74 Å². The van der Waals surface area contributed by atoms with Crippen molar-refractivity contribution in [2.45, 2.75) is 60.3 Å². The molecule has 5 rings (SSSR count). The van der Waals surface area contributed by atoms with Gasteiger partial charge in [0.25, 0.3) is 0 Å². The molecule has 0 radical (unpaired) electrons. The Bertz CT molecular complexity index is 1450. The van der Waals surface area contributed by atoms with Crippen LogP contribution in [0.5, 0.6) is 5.75 Å². The maximum atomic E-state index is 12.7. The zero-order valence-electron chi connectivity index (χ0n) is 26.3. The molecule has 228 valence electrons. The number of fused-ring (bicyclic) bond motifs is 1. The minimum atomic E-state index is 0.00631. The Morgan fingerprint density at radius 3 is 2.28 bits per heavy atom. The van der Waals surface area contributed by atoms with Crippen LogP contribution in [0.4, 0.5) is 11.4 Å². The van der Waals surface area contributed by atoms with E-state index < -0.39 is 0 Å². The number of aryl methyl sites for hydroxylation is 1. The molecular formula is C36H46N4O3. The first-order valence-corrected chi connectivity index (χ1v) is 15.0. The van der Waals surface area contributed by atoms with Gasteiger partial charge >= 0.3 is 0 Å². The molecule has 43 heavy (non-hydrogen) atoms. The molecule has 0 spiro atoms. The highest BCUT2D eigenvalue weighted by molar-refractivity contribution is 5.94. The summed E-state index contributed by atoms with van der Waals surface area (Å²) in [7, 11) is 1.67. The van der Waals surface area contributed by atoms with E-state index in [9.17, 15) is 9.59 Å². The summed E-state index contributed by atoms with van der Waals surface area (Å²) < 4.78 is 4.97. The average molecular weight is 583 g/mol. The first-order chi connectivity index (χ1) is 20.8. The van der Waals surface area contributed by atoms with Crippen molar-refractivity contribution in [3.63, 3.8) is 0 Å². The topological polar surface area (TPSA) is 96.1 Å². The predicted octanol–water partition coefficient (Wildman–Crippen LogP) is 8.79. The van der Waals surface area contributed by atoms with Gasteiger partial charge in [0.05, 0.1) is 18.1 Å². The smallest absolute Gasteiger partial charge is 0.227 e. The van der Waals surface area contributed by atoms with Gasteiger partial charge in [-0.25, -0.2) is 4.98 Å². The molecule has 1 heterocycles. The number of aromatic amines is 1. The fraction of sp³-hybridized carbons (Fsp3) is 0.361. The monoisotopic (exact) mass is 582 g/mol. The third-order valence-corrected chi connectivity index (χ3v) is 7.66. The van der Waals surface area contributed by atoms with Crippen LogP contribution in [0, 0.1) is 24.7 Å². The van der Waals surface area contributed by atoms with Crippen LogP contribution in [0.15, 0.2) is 78.9 Å². The molecule has 7 heteroatoms. The average Bonchev–Trinajstić information content (AvgIpc) is 3.63. The highest BCUT2D eigenvalue weighted by Crippen LogP contribution is 2.35. The highest BCUT2D eigenvalue weighted by atomic mass is 16.5. The second-order valence-corrected chi connectivity index (χ2v) is 11.3. The number of ether oxygens (including phenoxy) is 1. The third kappa shape index (κ3) is 10.4. The molecule has 3 unspecified atom stereocenters. The van der Waals surface area contributed by atoms with Crippen LogP contribution in [0.2, 0.25) is 0 Å². The molecule has 0 aliphatic heterocycles.